The standard InChI is InChI=1S/C18H19ClN4/c1-22(2)12-14-7-4-5-10-16(14)18-20-17(21-23(18)3)13-8-6-9-15(19)11-13/h4-11H,12H2,1-3H3. The van der Waals surface area contributed by atoms with Crippen LogP contribution in [0.5, 0.6) is 0 Å². The highest BCUT2D eigenvalue weighted by Crippen LogP contribution is 2.26. The van der Waals surface area contributed by atoms with E-state index in [1.54, 1.807) is 0 Å². The highest BCUT2D eigenvalue weighted by atomic mass is 35.5. The average Bonchev–Trinajstić information content (AvgIpc) is 2.89. The van der Waals surface area contributed by atoms with Crippen molar-refractivity contribution in [2.45, 2.75) is 6.54 Å². The van der Waals surface area contributed by atoms with Crippen LogP contribution in [0, 0.1) is 0 Å². The fraction of sp³-hybridized carbons (Fsp3) is 0.222. The minimum atomic E-state index is 0.685. The summed E-state index contributed by atoms with van der Waals surface area (Å²) < 4.78 is 1.82. The van der Waals surface area contributed by atoms with E-state index in [1.807, 2.05) is 42.1 Å². The first-order valence-corrected chi connectivity index (χ1v) is 7.82. The van der Waals surface area contributed by atoms with Crippen LogP contribution in [0.1, 0.15) is 5.56 Å². The summed E-state index contributed by atoms with van der Waals surface area (Å²) in [7, 11) is 6.04. The fourth-order valence-electron chi connectivity index (χ4n) is 2.59. The minimum absolute atomic E-state index is 0.685. The smallest absolute Gasteiger partial charge is 0.181 e. The van der Waals surface area contributed by atoms with Crippen LogP contribution in [0.2, 0.25) is 5.02 Å². The number of hydrogen-bond donors (Lipinski definition) is 0. The van der Waals surface area contributed by atoms with E-state index in [4.69, 9.17) is 16.6 Å². The summed E-state index contributed by atoms with van der Waals surface area (Å²) in [6, 6.07) is 15.9. The molecule has 0 saturated heterocycles. The van der Waals surface area contributed by atoms with Gasteiger partial charge >= 0.3 is 0 Å². The van der Waals surface area contributed by atoms with Gasteiger partial charge in [-0.3, -0.25) is 0 Å². The molecule has 0 radical (unpaired) electrons. The summed E-state index contributed by atoms with van der Waals surface area (Å²) >= 11 is 6.07. The van der Waals surface area contributed by atoms with Crippen molar-refractivity contribution in [3.05, 3.63) is 59.1 Å². The Kier molecular flexibility index (Phi) is 4.46. The molecule has 3 aromatic rings. The van der Waals surface area contributed by atoms with Crippen molar-refractivity contribution in [2.75, 3.05) is 14.1 Å². The van der Waals surface area contributed by atoms with Gasteiger partial charge in [0, 0.05) is 29.7 Å². The zero-order valence-electron chi connectivity index (χ0n) is 13.5. The molecule has 0 amide bonds. The molecule has 0 atom stereocenters. The van der Waals surface area contributed by atoms with E-state index in [0.29, 0.717) is 10.8 Å². The summed E-state index contributed by atoms with van der Waals surface area (Å²) in [6.07, 6.45) is 0. The number of halogens is 1. The van der Waals surface area contributed by atoms with Gasteiger partial charge in [0.25, 0.3) is 0 Å². The molecule has 23 heavy (non-hydrogen) atoms. The lowest BCUT2D eigenvalue weighted by atomic mass is 10.1. The maximum atomic E-state index is 6.07. The van der Waals surface area contributed by atoms with E-state index in [1.165, 1.54) is 5.56 Å². The maximum Gasteiger partial charge on any atom is 0.181 e. The third-order valence-electron chi connectivity index (χ3n) is 3.59. The summed E-state index contributed by atoms with van der Waals surface area (Å²) in [4.78, 5) is 6.88. The molecule has 5 heteroatoms. The van der Waals surface area contributed by atoms with Gasteiger partial charge in [-0.05, 0) is 31.8 Å². The Morgan fingerprint density at radius 3 is 2.61 bits per heavy atom. The molecular formula is C18H19ClN4. The predicted octanol–water partition coefficient (Wildman–Crippen LogP) is 3.86. The van der Waals surface area contributed by atoms with Crippen LogP contribution in [-0.2, 0) is 13.6 Å². The molecule has 4 nitrogen and oxygen atoms in total. The van der Waals surface area contributed by atoms with E-state index in [9.17, 15) is 0 Å². The molecule has 0 saturated carbocycles. The maximum absolute atomic E-state index is 6.07. The fourth-order valence-corrected chi connectivity index (χ4v) is 2.78. The summed E-state index contributed by atoms with van der Waals surface area (Å²) in [5.41, 5.74) is 3.25. The molecule has 0 aliphatic heterocycles. The zero-order chi connectivity index (χ0) is 16.4. The van der Waals surface area contributed by atoms with Gasteiger partial charge in [0.05, 0.1) is 0 Å². The van der Waals surface area contributed by atoms with Gasteiger partial charge < -0.3 is 4.90 Å². The first-order chi connectivity index (χ1) is 11.0. The summed E-state index contributed by atoms with van der Waals surface area (Å²) in [5.74, 6) is 1.54. The first-order valence-electron chi connectivity index (χ1n) is 7.44. The minimum Gasteiger partial charge on any atom is -0.305 e. The molecule has 0 bridgehead atoms. The van der Waals surface area contributed by atoms with Crippen LogP contribution < -0.4 is 0 Å². The van der Waals surface area contributed by atoms with Crippen molar-refractivity contribution in [1.29, 1.82) is 0 Å². The number of nitrogens with zero attached hydrogens (tertiary/aromatic N) is 4. The monoisotopic (exact) mass is 326 g/mol. The molecular weight excluding hydrogens is 308 g/mol. The van der Waals surface area contributed by atoms with Crippen LogP contribution in [0.25, 0.3) is 22.8 Å². The third-order valence-corrected chi connectivity index (χ3v) is 3.83. The first kappa shape index (κ1) is 15.7. The van der Waals surface area contributed by atoms with Crippen LogP contribution in [0.4, 0.5) is 0 Å². The Morgan fingerprint density at radius 1 is 1.09 bits per heavy atom. The third kappa shape index (κ3) is 3.44. The van der Waals surface area contributed by atoms with Gasteiger partial charge in [-0.1, -0.05) is 48.0 Å². The number of benzene rings is 2. The second-order valence-electron chi connectivity index (χ2n) is 5.79. The summed E-state index contributed by atoms with van der Waals surface area (Å²) in [5, 5.41) is 5.24. The van der Waals surface area contributed by atoms with Gasteiger partial charge in [-0.2, -0.15) is 5.10 Å². The van der Waals surface area contributed by atoms with Crippen molar-refractivity contribution < 1.29 is 0 Å². The lowest BCUT2D eigenvalue weighted by molar-refractivity contribution is 0.403. The Labute approximate surface area is 141 Å². The van der Waals surface area contributed by atoms with Gasteiger partial charge in [-0.15, -0.1) is 0 Å². The summed E-state index contributed by atoms with van der Waals surface area (Å²) in [6.45, 7) is 0.857. The molecule has 2 aromatic carbocycles. The van der Waals surface area contributed by atoms with E-state index in [2.05, 4.69) is 42.3 Å². The molecule has 118 valence electrons. The van der Waals surface area contributed by atoms with E-state index >= 15 is 0 Å². The SMILES string of the molecule is CN(C)Cc1ccccc1-c1nc(-c2cccc(Cl)c2)nn1C. The molecule has 0 N–H and O–H groups in total. The zero-order valence-corrected chi connectivity index (χ0v) is 14.2. The molecule has 0 spiro atoms. The Bertz CT molecular complexity index is 823. The molecule has 3 rings (SSSR count). The largest absolute Gasteiger partial charge is 0.305 e. The van der Waals surface area contributed by atoms with Gasteiger partial charge in [0.2, 0.25) is 0 Å². The van der Waals surface area contributed by atoms with E-state index in [0.717, 1.165) is 23.5 Å². The molecule has 1 heterocycles. The Morgan fingerprint density at radius 2 is 1.87 bits per heavy atom. The highest BCUT2D eigenvalue weighted by Gasteiger charge is 2.14. The molecule has 0 aliphatic carbocycles. The molecule has 1 aromatic heterocycles. The molecule has 0 unspecified atom stereocenters. The van der Waals surface area contributed by atoms with Crippen molar-refractivity contribution in [2.24, 2.45) is 7.05 Å². The number of aryl methyl sites for hydroxylation is 1. The van der Waals surface area contributed by atoms with Gasteiger partial charge in [-0.25, -0.2) is 9.67 Å². The average molecular weight is 327 g/mol. The second kappa shape index (κ2) is 6.52. The van der Waals surface area contributed by atoms with Crippen LogP contribution in [0.3, 0.4) is 0 Å². The number of rotatable bonds is 4. The number of hydrogen-bond acceptors (Lipinski definition) is 3. The lowest BCUT2D eigenvalue weighted by Gasteiger charge is -2.13. The van der Waals surface area contributed by atoms with Gasteiger partial charge in [0.15, 0.2) is 11.6 Å². The van der Waals surface area contributed by atoms with Gasteiger partial charge in [0.1, 0.15) is 0 Å². The van der Waals surface area contributed by atoms with Crippen LogP contribution in [-0.4, -0.2) is 33.8 Å². The highest BCUT2D eigenvalue weighted by molar-refractivity contribution is 6.30. The Hall–Kier alpha value is -2.17. The molecule has 0 fully saturated rings. The van der Waals surface area contributed by atoms with Crippen molar-refractivity contribution >= 4 is 11.6 Å². The normalized spacial score (nSPS) is 11.2. The van der Waals surface area contributed by atoms with Crippen LogP contribution in [0.15, 0.2) is 48.5 Å². The molecule has 0 aliphatic rings. The lowest BCUT2D eigenvalue weighted by Crippen LogP contribution is -2.12. The van der Waals surface area contributed by atoms with E-state index < -0.39 is 0 Å². The number of aromatic nitrogens is 3. The van der Waals surface area contributed by atoms with Crippen molar-refractivity contribution in [3.8, 4) is 22.8 Å². The van der Waals surface area contributed by atoms with Crippen molar-refractivity contribution in [3.63, 3.8) is 0 Å². The van der Waals surface area contributed by atoms with Crippen LogP contribution >= 0.6 is 11.6 Å². The Balaban J connectivity index is 2.05. The quantitative estimate of drug-likeness (QED) is 0.730. The topological polar surface area (TPSA) is 34.0 Å². The van der Waals surface area contributed by atoms with E-state index in [-0.39, 0.29) is 0 Å². The predicted molar refractivity (Wildman–Crippen MR) is 94.3 cm³/mol. The van der Waals surface area contributed by atoms with Crippen molar-refractivity contribution in [1.82, 2.24) is 19.7 Å². The second-order valence-corrected chi connectivity index (χ2v) is 6.22.